The molecule has 3 heterocycles. The molecule has 1 aromatic rings. The summed E-state index contributed by atoms with van der Waals surface area (Å²) in [6, 6.07) is 0.0463. The van der Waals surface area contributed by atoms with E-state index in [4.69, 9.17) is 0 Å². The molecule has 0 spiro atoms. The van der Waals surface area contributed by atoms with Gasteiger partial charge in [-0.05, 0) is 6.08 Å². The summed E-state index contributed by atoms with van der Waals surface area (Å²) in [4.78, 5) is 8.85. The Morgan fingerprint density at radius 1 is 1.36 bits per heavy atom. The second-order valence-corrected chi connectivity index (χ2v) is 3.40. The van der Waals surface area contributed by atoms with Crippen LogP contribution >= 0.6 is 0 Å². The number of aromatic nitrogens is 3. The number of nitrogens with zero attached hydrogens (tertiary/aromatic N) is 4. The van der Waals surface area contributed by atoms with E-state index in [1.54, 1.807) is 6.33 Å². The second-order valence-electron chi connectivity index (χ2n) is 3.40. The van der Waals surface area contributed by atoms with Crippen LogP contribution < -0.4 is 0 Å². The summed E-state index contributed by atoms with van der Waals surface area (Å²) in [5.41, 5.74) is 1.13. The number of aliphatic imine (C=N–C) groups is 1. The van der Waals surface area contributed by atoms with E-state index in [1.165, 1.54) is 0 Å². The Morgan fingerprint density at radius 3 is 3.36 bits per heavy atom. The van der Waals surface area contributed by atoms with E-state index in [1.807, 2.05) is 16.8 Å². The van der Waals surface area contributed by atoms with Crippen LogP contribution in [0, 0.1) is 0 Å². The molecule has 3 rings (SSSR count). The van der Waals surface area contributed by atoms with Gasteiger partial charge in [-0.25, -0.2) is 9.67 Å². The molecule has 4 heteroatoms. The van der Waals surface area contributed by atoms with E-state index in [-0.39, 0.29) is 6.04 Å². The van der Waals surface area contributed by atoms with Crippen molar-refractivity contribution in [3.8, 4) is 0 Å². The van der Waals surface area contributed by atoms with Crippen LogP contribution in [0.2, 0.25) is 0 Å². The number of aryl methyl sites for hydroxylation is 1. The lowest BCUT2D eigenvalue weighted by molar-refractivity contribution is 0.596. The Bertz CT molecular complexity index is 439. The Labute approximate surface area is 81.7 Å². The molecule has 0 N–H and O–H groups in total. The van der Waals surface area contributed by atoms with Crippen LogP contribution in [0.4, 0.5) is 0 Å². The third kappa shape index (κ3) is 1.11. The summed E-state index contributed by atoms with van der Waals surface area (Å²) < 4.78 is 1.94. The van der Waals surface area contributed by atoms with E-state index in [2.05, 4.69) is 27.2 Å². The minimum absolute atomic E-state index is 0.0463. The summed E-state index contributed by atoms with van der Waals surface area (Å²) in [6.07, 6.45) is 10.7. The Hall–Kier alpha value is -1.71. The second kappa shape index (κ2) is 2.90. The largest absolute Gasteiger partial charge is 0.274 e. The van der Waals surface area contributed by atoms with Crippen LogP contribution in [-0.2, 0) is 6.54 Å². The van der Waals surface area contributed by atoms with Gasteiger partial charge in [0.25, 0.3) is 0 Å². The summed E-state index contributed by atoms with van der Waals surface area (Å²) in [5.74, 6) is 0.944. The summed E-state index contributed by atoms with van der Waals surface area (Å²) in [5, 5.41) is 4.18. The molecule has 14 heavy (non-hydrogen) atoms. The van der Waals surface area contributed by atoms with Crippen molar-refractivity contribution in [1.82, 2.24) is 14.8 Å². The van der Waals surface area contributed by atoms with Crippen LogP contribution in [0.25, 0.3) is 0 Å². The van der Waals surface area contributed by atoms with Crippen LogP contribution in [0.5, 0.6) is 0 Å². The standard InChI is InChI=1S/C10H10N4/c1-2-4-9-10-11-7-12-14(10)6-5-8(3-1)13-9/h1-4,7,9H,5-6H2. The van der Waals surface area contributed by atoms with Gasteiger partial charge in [-0.1, -0.05) is 18.2 Å². The maximum atomic E-state index is 4.61. The fourth-order valence-corrected chi connectivity index (χ4v) is 1.79. The molecule has 0 radical (unpaired) electrons. The highest BCUT2D eigenvalue weighted by molar-refractivity contribution is 5.95. The van der Waals surface area contributed by atoms with Gasteiger partial charge in [-0.2, -0.15) is 5.10 Å². The Balaban J connectivity index is 2.13. The van der Waals surface area contributed by atoms with Gasteiger partial charge in [0.15, 0.2) is 5.82 Å². The molecule has 1 atom stereocenters. The van der Waals surface area contributed by atoms with E-state index in [0.29, 0.717) is 0 Å². The summed E-state index contributed by atoms with van der Waals surface area (Å²) in [6.45, 7) is 0.878. The highest BCUT2D eigenvalue weighted by Gasteiger charge is 2.19. The minimum atomic E-state index is 0.0463. The first-order valence-corrected chi connectivity index (χ1v) is 4.73. The number of allylic oxidation sites excluding steroid dienone is 3. The third-order valence-electron chi connectivity index (χ3n) is 2.49. The molecule has 0 saturated heterocycles. The van der Waals surface area contributed by atoms with Crippen molar-refractivity contribution in [2.75, 3.05) is 0 Å². The maximum absolute atomic E-state index is 4.61. The van der Waals surface area contributed by atoms with Crippen molar-refractivity contribution >= 4 is 5.71 Å². The molecule has 0 saturated carbocycles. The molecule has 0 aromatic carbocycles. The molecule has 1 unspecified atom stereocenters. The van der Waals surface area contributed by atoms with Crippen LogP contribution in [-0.4, -0.2) is 20.5 Å². The van der Waals surface area contributed by atoms with Crippen molar-refractivity contribution in [3.05, 3.63) is 36.5 Å². The molecule has 0 aliphatic carbocycles. The first-order chi connectivity index (χ1) is 6.93. The van der Waals surface area contributed by atoms with E-state index in [9.17, 15) is 0 Å². The fraction of sp³-hybridized carbons (Fsp3) is 0.300. The molecule has 2 bridgehead atoms. The smallest absolute Gasteiger partial charge is 0.155 e. The molecule has 0 fully saturated rings. The van der Waals surface area contributed by atoms with E-state index >= 15 is 0 Å². The summed E-state index contributed by atoms with van der Waals surface area (Å²) >= 11 is 0. The van der Waals surface area contributed by atoms with Gasteiger partial charge >= 0.3 is 0 Å². The Kier molecular flexibility index (Phi) is 1.59. The average molecular weight is 186 g/mol. The van der Waals surface area contributed by atoms with Crippen LogP contribution in [0.3, 0.4) is 0 Å². The van der Waals surface area contributed by atoms with Gasteiger partial charge in [-0.15, -0.1) is 0 Å². The van der Waals surface area contributed by atoms with Crippen molar-refractivity contribution in [2.45, 2.75) is 19.0 Å². The van der Waals surface area contributed by atoms with E-state index < -0.39 is 0 Å². The number of fused-ring (bicyclic) bond motifs is 3. The molecule has 2 aliphatic heterocycles. The Morgan fingerprint density at radius 2 is 2.36 bits per heavy atom. The van der Waals surface area contributed by atoms with Gasteiger partial charge in [0, 0.05) is 18.7 Å². The zero-order valence-electron chi connectivity index (χ0n) is 7.67. The normalized spacial score (nSPS) is 23.7. The lowest BCUT2D eigenvalue weighted by atomic mass is 10.2. The first kappa shape index (κ1) is 7.67. The van der Waals surface area contributed by atoms with Gasteiger partial charge < -0.3 is 0 Å². The molecular formula is C10H10N4. The average Bonchev–Trinajstić information content (AvgIpc) is 2.47. The van der Waals surface area contributed by atoms with E-state index in [0.717, 1.165) is 24.5 Å². The first-order valence-electron chi connectivity index (χ1n) is 4.73. The van der Waals surface area contributed by atoms with Gasteiger partial charge in [-0.3, -0.25) is 4.99 Å². The topological polar surface area (TPSA) is 43.1 Å². The lowest BCUT2D eigenvalue weighted by Crippen LogP contribution is -2.06. The molecule has 1 aromatic heterocycles. The van der Waals surface area contributed by atoms with Gasteiger partial charge in [0.2, 0.25) is 0 Å². The third-order valence-corrected chi connectivity index (χ3v) is 2.49. The van der Waals surface area contributed by atoms with Gasteiger partial charge in [0.1, 0.15) is 12.4 Å². The predicted molar refractivity (Wildman–Crippen MR) is 53.1 cm³/mol. The van der Waals surface area contributed by atoms with Crippen molar-refractivity contribution in [2.24, 2.45) is 4.99 Å². The molecule has 4 nitrogen and oxygen atoms in total. The van der Waals surface area contributed by atoms with Gasteiger partial charge in [0.05, 0.1) is 0 Å². The fourth-order valence-electron chi connectivity index (χ4n) is 1.79. The predicted octanol–water partition coefficient (Wildman–Crippen LogP) is 1.29. The van der Waals surface area contributed by atoms with Crippen molar-refractivity contribution in [1.29, 1.82) is 0 Å². The van der Waals surface area contributed by atoms with Crippen LogP contribution in [0.1, 0.15) is 18.3 Å². The quantitative estimate of drug-likeness (QED) is 0.612. The van der Waals surface area contributed by atoms with Crippen molar-refractivity contribution in [3.63, 3.8) is 0 Å². The lowest BCUT2D eigenvalue weighted by Gasteiger charge is -2.04. The van der Waals surface area contributed by atoms with Crippen LogP contribution in [0.15, 0.2) is 35.6 Å². The number of rotatable bonds is 0. The molecule has 0 amide bonds. The molecule has 2 aliphatic rings. The summed E-state index contributed by atoms with van der Waals surface area (Å²) in [7, 11) is 0. The zero-order chi connectivity index (χ0) is 9.38. The maximum Gasteiger partial charge on any atom is 0.155 e. The minimum Gasteiger partial charge on any atom is -0.274 e. The molecular weight excluding hydrogens is 176 g/mol. The number of hydrogen-bond acceptors (Lipinski definition) is 3. The molecule has 70 valence electrons. The highest BCUT2D eigenvalue weighted by Crippen LogP contribution is 2.22. The zero-order valence-corrected chi connectivity index (χ0v) is 7.67. The number of hydrogen-bond donors (Lipinski definition) is 0. The highest BCUT2D eigenvalue weighted by atomic mass is 15.3. The van der Waals surface area contributed by atoms with Crippen molar-refractivity contribution < 1.29 is 0 Å². The SMILES string of the molecule is C1=CC2=NC(C=C1)c1ncnn1CC2. The monoisotopic (exact) mass is 186 g/mol.